The lowest BCUT2D eigenvalue weighted by Crippen LogP contribution is -2.29. The first-order valence-corrected chi connectivity index (χ1v) is 11.5. The van der Waals surface area contributed by atoms with E-state index >= 15 is 0 Å². The first kappa shape index (κ1) is 18.1. The van der Waals surface area contributed by atoms with Crippen molar-refractivity contribution in [3.63, 3.8) is 0 Å². The molecular weight excluding hydrogens is 364 g/mol. The molecule has 28 heavy (non-hydrogen) atoms. The summed E-state index contributed by atoms with van der Waals surface area (Å²) < 4.78 is 0. The van der Waals surface area contributed by atoms with E-state index < -0.39 is 0 Å². The molecule has 2 aliphatic heterocycles. The number of aromatic nitrogens is 2. The third-order valence-electron chi connectivity index (χ3n) is 6.14. The predicted molar refractivity (Wildman–Crippen MR) is 117 cm³/mol. The highest BCUT2D eigenvalue weighted by Crippen LogP contribution is 2.39. The smallest absolute Gasteiger partial charge is 0.141 e. The molecule has 2 aliphatic rings. The third kappa shape index (κ3) is 3.42. The predicted octanol–water partition coefficient (Wildman–Crippen LogP) is 4.45. The second-order valence-corrected chi connectivity index (χ2v) is 9.03. The number of nitrogens with zero attached hydrogens (tertiary/aromatic N) is 4. The minimum Gasteiger partial charge on any atom is -0.356 e. The molecule has 3 aromatic rings. The van der Waals surface area contributed by atoms with Gasteiger partial charge in [0.1, 0.15) is 16.5 Å². The molecule has 0 unspecified atom stereocenters. The van der Waals surface area contributed by atoms with Gasteiger partial charge in [0.15, 0.2) is 0 Å². The van der Waals surface area contributed by atoms with Crippen molar-refractivity contribution in [3.05, 3.63) is 52.2 Å². The number of rotatable bonds is 5. The van der Waals surface area contributed by atoms with E-state index in [4.69, 9.17) is 9.97 Å². The number of hydrogen-bond acceptors (Lipinski definition) is 5. The van der Waals surface area contributed by atoms with E-state index in [1.165, 1.54) is 44.9 Å². The molecule has 2 aromatic heterocycles. The molecule has 0 bridgehead atoms. The van der Waals surface area contributed by atoms with E-state index in [9.17, 15) is 0 Å². The molecule has 0 saturated carbocycles. The number of fused-ring (bicyclic) bond motifs is 3. The summed E-state index contributed by atoms with van der Waals surface area (Å²) in [6, 6.07) is 10.7. The minimum atomic E-state index is 0.907. The van der Waals surface area contributed by atoms with E-state index in [0.717, 1.165) is 57.8 Å². The van der Waals surface area contributed by atoms with Crippen molar-refractivity contribution in [3.8, 4) is 0 Å². The molecule has 4 heterocycles. The highest BCUT2D eigenvalue weighted by Gasteiger charge is 2.26. The van der Waals surface area contributed by atoms with Crippen LogP contribution in [0, 0.1) is 0 Å². The van der Waals surface area contributed by atoms with Gasteiger partial charge in [-0.2, -0.15) is 0 Å². The van der Waals surface area contributed by atoms with E-state index in [-0.39, 0.29) is 0 Å². The van der Waals surface area contributed by atoms with Crippen LogP contribution in [-0.2, 0) is 25.8 Å². The number of hydrogen-bond donors (Lipinski definition) is 0. The number of benzene rings is 1. The lowest BCUT2D eigenvalue weighted by Gasteiger charge is -2.26. The third-order valence-corrected chi connectivity index (χ3v) is 7.25. The van der Waals surface area contributed by atoms with Gasteiger partial charge >= 0.3 is 0 Å². The fourth-order valence-electron chi connectivity index (χ4n) is 4.51. The Bertz CT molecular complexity index is 960. The van der Waals surface area contributed by atoms with Gasteiger partial charge in [0.25, 0.3) is 0 Å². The van der Waals surface area contributed by atoms with Crippen LogP contribution < -0.4 is 4.90 Å². The molecule has 1 saturated heterocycles. The van der Waals surface area contributed by atoms with Crippen LogP contribution in [0.15, 0.2) is 30.3 Å². The van der Waals surface area contributed by atoms with Crippen LogP contribution >= 0.6 is 11.3 Å². The summed E-state index contributed by atoms with van der Waals surface area (Å²) in [6.45, 7) is 7.89. The van der Waals surface area contributed by atoms with Crippen molar-refractivity contribution in [1.29, 1.82) is 0 Å². The van der Waals surface area contributed by atoms with Gasteiger partial charge in [0.05, 0.1) is 5.39 Å². The number of anilines is 1. The van der Waals surface area contributed by atoms with Crippen LogP contribution in [0.1, 0.15) is 41.6 Å². The van der Waals surface area contributed by atoms with Gasteiger partial charge in [-0.15, -0.1) is 11.3 Å². The van der Waals surface area contributed by atoms with Crippen molar-refractivity contribution in [2.24, 2.45) is 0 Å². The molecular formula is C23H28N4S. The van der Waals surface area contributed by atoms with Crippen LogP contribution in [0.4, 0.5) is 5.82 Å². The maximum Gasteiger partial charge on any atom is 0.141 e. The van der Waals surface area contributed by atoms with Crippen LogP contribution in [0.2, 0.25) is 0 Å². The fourth-order valence-corrected chi connectivity index (χ4v) is 5.79. The zero-order chi connectivity index (χ0) is 18.9. The average Bonchev–Trinajstić information content (AvgIpc) is 3.39. The monoisotopic (exact) mass is 392 g/mol. The molecule has 0 radical (unpaired) electrons. The Kier molecular flexibility index (Phi) is 5.03. The van der Waals surface area contributed by atoms with Crippen molar-refractivity contribution in [1.82, 2.24) is 14.9 Å². The topological polar surface area (TPSA) is 32.3 Å². The number of thiophene rings is 1. The van der Waals surface area contributed by atoms with E-state index in [1.54, 1.807) is 0 Å². The van der Waals surface area contributed by atoms with E-state index in [0.29, 0.717) is 0 Å². The summed E-state index contributed by atoms with van der Waals surface area (Å²) in [7, 11) is 0. The van der Waals surface area contributed by atoms with Crippen LogP contribution in [0.3, 0.4) is 0 Å². The van der Waals surface area contributed by atoms with Gasteiger partial charge in [0.2, 0.25) is 0 Å². The quantitative estimate of drug-likeness (QED) is 0.642. The van der Waals surface area contributed by atoms with Crippen molar-refractivity contribution >= 4 is 27.4 Å². The Balaban J connectivity index is 1.53. The fraction of sp³-hybridized carbons (Fsp3) is 0.478. The van der Waals surface area contributed by atoms with Gasteiger partial charge in [-0.3, -0.25) is 4.90 Å². The summed E-state index contributed by atoms with van der Waals surface area (Å²) >= 11 is 1.91. The summed E-state index contributed by atoms with van der Waals surface area (Å²) in [4.78, 5) is 17.9. The molecule has 4 nitrogen and oxygen atoms in total. The van der Waals surface area contributed by atoms with E-state index in [2.05, 4.69) is 47.1 Å². The molecule has 5 heteroatoms. The Morgan fingerprint density at radius 3 is 2.61 bits per heavy atom. The molecule has 5 rings (SSSR count). The zero-order valence-electron chi connectivity index (χ0n) is 16.7. The number of aryl methyl sites for hydroxylation is 2. The largest absolute Gasteiger partial charge is 0.356 e. The van der Waals surface area contributed by atoms with Crippen molar-refractivity contribution in [2.75, 3.05) is 31.1 Å². The highest BCUT2D eigenvalue weighted by atomic mass is 32.1. The van der Waals surface area contributed by atoms with Crippen LogP contribution in [0.25, 0.3) is 10.2 Å². The van der Waals surface area contributed by atoms with E-state index in [1.807, 2.05) is 11.3 Å². The lowest BCUT2D eigenvalue weighted by molar-refractivity contribution is 0.272. The summed E-state index contributed by atoms with van der Waals surface area (Å²) in [5.41, 5.74) is 2.89. The molecule has 1 fully saturated rings. The number of likely N-dealkylation sites (N-methyl/N-ethyl adjacent to an activating group) is 1. The lowest BCUT2D eigenvalue weighted by atomic mass is 10.0. The molecule has 0 atom stereocenters. The SMILES string of the molecule is CCN1CCc2c(sc3nc(CCc4ccccc4)nc(N4CCCC4)c23)C1. The normalized spacial score (nSPS) is 17.4. The maximum atomic E-state index is 5.13. The maximum absolute atomic E-state index is 5.13. The van der Waals surface area contributed by atoms with Gasteiger partial charge in [0, 0.05) is 37.5 Å². The second-order valence-electron chi connectivity index (χ2n) is 7.95. The van der Waals surface area contributed by atoms with Crippen molar-refractivity contribution in [2.45, 2.75) is 45.6 Å². The Hall–Kier alpha value is -1.98. The molecule has 1 aromatic carbocycles. The molecule has 146 valence electrons. The van der Waals surface area contributed by atoms with Gasteiger partial charge < -0.3 is 4.90 Å². The molecule has 0 aliphatic carbocycles. The van der Waals surface area contributed by atoms with Crippen molar-refractivity contribution < 1.29 is 0 Å². The second kappa shape index (κ2) is 7.80. The van der Waals surface area contributed by atoms with Gasteiger partial charge in [-0.05, 0) is 43.4 Å². The average molecular weight is 393 g/mol. The Morgan fingerprint density at radius 1 is 1.00 bits per heavy atom. The zero-order valence-corrected chi connectivity index (χ0v) is 17.5. The molecule has 0 N–H and O–H groups in total. The summed E-state index contributed by atoms with van der Waals surface area (Å²) in [5, 5.41) is 1.36. The van der Waals surface area contributed by atoms with Gasteiger partial charge in [-0.1, -0.05) is 37.3 Å². The molecule has 0 spiro atoms. The van der Waals surface area contributed by atoms with Gasteiger partial charge in [-0.25, -0.2) is 9.97 Å². The Labute approximate surface area is 171 Å². The standard InChI is InChI=1S/C23H28N4S/c1-2-26-15-12-18-19(16-26)28-23-21(18)22(27-13-6-7-14-27)24-20(25-23)11-10-17-8-4-3-5-9-17/h3-5,8-9H,2,6-7,10-16H2,1H3. The van der Waals surface area contributed by atoms with Crippen LogP contribution in [-0.4, -0.2) is 41.0 Å². The Morgan fingerprint density at radius 2 is 1.82 bits per heavy atom. The highest BCUT2D eigenvalue weighted by molar-refractivity contribution is 7.19. The summed E-state index contributed by atoms with van der Waals surface area (Å²) in [6.07, 6.45) is 5.60. The first-order valence-electron chi connectivity index (χ1n) is 10.6. The molecule has 0 amide bonds. The minimum absolute atomic E-state index is 0.907. The first-order chi connectivity index (χ1) is 13.8. The summed E-state index contributed by atoms with van der Waals surface area (Å²) in [5.74, 6) is 2.22. The van der Waals surface area contributed by atoms with Crippen LogP contribution in [0.5, 0.6) is 0 Å².